The van der Waals surface area contributed by atoms with Crippen molar-refractivity contribution in [2.45, 2.75) is 44.8 Å². The number of H-pyrrole nitrogens is 1. The van der Waals surface area contributed by atoms with Gasteiger partial charge in [-0.05, 0) is 56.6 Å². The van der Waals surface area contributed by atoms with Gasteiger partial charge in [-0.15, -0.1) is 11.7 Å². The highest BCUT2D eigenvalue weighted by atomic mass is 35.5. The first-order valence-corrected chi connectivity index (χ1v) is 14.5. The molecular weight excluding hydrogens is 596 g/mol. The van der Waals surface area contributed by atoms with Crippen molar-refractivity contribution in [1.29, 1.82) is 0 Å². The highest BCUT2D eigenvalue weighted by molar-refractivity contribution is 6.31. The molecule has 1 unspecified atom stereocenters. The molecule has 1 aromatic carbocycles. The number of halogens is 3. The molecule has 6 rings (SSSR count). The van der Waals surface area contributed by atoms with E-state index >= 15 is 4.39 Å². The van der Waals surface area contributed by atoms with Gasteiger partial charge in [0.1, 0.15) is 22.9 Å². The van der Waals surface area contributed by atoms with Crippen LogP contribution < -0.4 is 5.76 Å². The van der Waals surface area contributed by atoms with Crippen molar-refractivity contribution in [3.8, 4) is 23.0 Å². The summed E-state index contributed by atoms with van der Waals surface area (Å²) in [6.07, 6.45) is 9.13. The smallest absolute Gasteiger partial charge is 0.384 e. The quantitative estimate of drug-likeness (QED) is 0.192. The largest absolute Gasteiger partial charge is 0.434 e. The summed E-state index contributed by atoms with van der Waals surface area (Å²) in [5, 5.41) is 6.51. The molecule has 222 valence electrons. The first kappa shape index (κ1) is 29.2. The third-order valence-corrected chi connectivity index (χ3v) is 8.68. The SMILES string of the molecule is C=CC1CCC(Cn2c(C(C)(OC)c3cccc(Cl)c3F)nc3nc(-c4n[nH]c(=O)o4)nc(-c4cncc(Cl)c4)c32)CC1. The van der Waals surface area contributed by atoms with E-state index in [1.54, 1.807) is 31.3 Å². The average Bonchev–Trinajstić information content (AvgIpc) is 3.62. The molecule has 1 fully saturated rings. The van der Waals surface area contributed by atoms with Gasteiger partial charge in [-0.25, -0.2) is 29.2 Å². The first-order chi connectivity index (χ1) is 20.7. The van der Waals surface area contributed by atoms with Crippen molar-refractivity contribution in [3.63, 3.8) is 0 Å². The fourth-order valence-electron chi connectivity index (χ4n) is 5.80. The zero-order valence-electron chi connectivity index (χ0n) is 23.5. The number of ether oxygens (including phenoxy) is 1. The molecule has 4 heterocycles. The number of hydrogen-bond acceptors (Lipinski definition) is 8. The molecule has 1 N–H and O–H groups in total. The fourth-order valence-corrected chi connectivity index (χ4v) is 6.15. The Bertz CT molecular complexity index is 1880. The van der Waals surface area contributed by atoms with E-state index in [1.165, 1.54) is 19.4 Å². The highest BCUT2D eigenvalue weighted by Gasteiger charge is 2.39. The summed E-state index contributed by atoms with van der Waals surface area (Å²) in [5.41, 5.74) is 0.686. The molecule has 0 saturated heterocycles. The molecule has 13 heteroatoms. The maximum Gasteiger partial charge on any atom is 0.434 e. The number of aromatic nitrogens is 7. The number of methoxy groups -OCH3 is 1. The third-order valence-electron chi connectivity index (χ3n) is 8.18. The van der Waals surface area contributed by atoms with Crippen LogP contribution in [0.4, 0.5) is 4.39 Å². The van der Waals surface area contributed by atoms with E-state index in [2.05, 4.69) is 26.7 Å². The van der Waals surface area contributed by atoms with E-state index in [0.29, 0.717) is 40.1 Å². The van der Waals surface area contributed by atoms with Crippen LogP contribution in [0.25, 0.3) is 34.1 Å². The van der Waals surface area contributed by atoms with Gasteiger partial charge >= 0.3 is 5.76 Å². The van der Waals surface area contributed by atoms with Crippen LogP contribution in [-0.4, -0.2) is 41.8 Å². The fraction of sp³-hybridized carbons (Fsp3) is 0.333. The lowest BCUT2D eigenvalue weighted by molar-refractivity contribution is 0.0249. The molecule has 0 aliphatic heterocycles. The molecule has 0 amide bonds. The number of nitrogens with one attached hydrogen (secondary N) is 1. The van der Waals surface area contributed by atoms with Crippen LogP contribution in [-0.2, 0) is 16.9 Å². The zero-order chi connectivity index (χ0) is 30.3. The molecule has 43 heavy (non-hydrogen) atoms. The topological polar surface area (TPSA) is 125 Å². The van der Waals surface area contributed by atoms with Gasteiger partial charge in [0.15, 0.2) is 11.2 Å². The van der Waals surface area contributed by atoms with Crippen LogP contribution in [0.15, 0.2) is 58.5 Å². The van der Waals surface area contributed by atoms with E-state index in [4.69, 9.17) is 42.3 Å². The number of aromatic amines is 1. The summed E-state index contributed by atoms with van der Waals surface area (Å²) < 4.78 is 28.9. The minimum atomic E-state index is -1.38. The summed E-state index contributed by atoms with van der Waals surface area (Å²) in [6, 6.07) is 6.50. The Balaban J connectivity index is 1.64. The van der Waals surface area contributed by atoms with Crippen LogP contribution in [0.5, 0.6) is 0 Å². The molecule has 0 bridgehead atoms. The second-order valence-electron chi connectivity index (χ2n) is 10.8. The normalized spacial score (nSPS) is 18.5. The van der Waals surface area contributed by atoms with Gasteiger partial charge in [-0.2, -0.15) is 0 Å². The number of allylic oxidation sites excluding steroid dienone is 1. The van der Waals surface area contributed by atoms with Crippen LogP contribution in [0, 0.1) is 17.7 Å². The van der Waals surface area contributed by atoms with E-state index in [1.807, 2.05) is 10.6 Å². The summed E-state index contributed by atoms with van der Waals surface area (Å²) in [6.45, 7) is 6.26. The number of rotatable bonds is 8. The van der Waals surface area contributed by atoms with Crippen LogP contribution in [0.3, 0.4) is 0 Å². The Morgan fingerprint density at radius 3 is 2.67 bits per heavy atom. The molecule has 0 radical (unpaired) electrons. The highest BCUT2D eigenvalue weighted by Crippen LogP contribution is 2.41. The number of pyridine rings is 1. The summed E-state index contributed by atoms with van der Waals surface area (Å²) in [5.74, 6) is -0.288. The van der Waals surface area contributed by atoms with Crippen LogP contribution in [0.1, 0.15) is 44.0 Å². The lowest BCUT2D eigenvalue weighted by Crippen LogP contribution is -2.32. The van der Waals surface area contributed by atoms with Gasteiger partial charge < -0.3 is 13.7 Å². The van der Waals surface area contributed by atoms with E-state index in [9.17, 15) is 4.79 Å². The first-order valence-electron chi connectivity index (χ1n) is 13.8. The lowest BCUT2D eigenvalue weighted by atomic mass is 9.82. The Kier molecular flexibility index (Phi) is 7.89. The predicted molar refractivity (Wildman–Crippen MR) is 160 cm³/mol. The van der Waals surface area contributed by atoms with Crippen molar-refractivity contribution < 1.29 is 13.5 Å². The second kappa shape index (κ2) is 11.6. The van der Waals surface area contributed by atoms with Crippen molar-refractivity contribution in [2.75, 3.05) is 7.11 Å². The van der Waals surface area contributed by atoms with Crippen LogP contribution in [0.2, 0.25) is 10.0 Å². The Labute approximate surface area is 256 Å². The number of benzene rings is 1. The molecule has 1 aliphatic rings. The lowest BCUT2D eigenvalue weighted by Gasteiger charge is -2.32. The van der Waals surface area contributed by atoms with E-state index in [-0.39, 0.29) is 33.9 Å². The zero-order valence-corrected chi connectivity index (χ0v) is 25.0. The van der Waals surface area contributed by atoms with Gasteiger partial charge in [0, 0.05) is 37.2 Å². The minimum Gasteiger partial charge on any atom is -0.384 e. The second-order valence-corrected chi connectivity index (χ2v) is 11.6. The van der Waals surface area contributed by atoms with E-state index in [0.717, 1.165) is 25.7 Å². The summed E-state index contributed by atoms with van der Waals surface area (Å²) in [4.78, 5) is 30.4. The number of nitrogens with zero attached hydrogens (tertiary/aromatic N) is 6. The number of imidazole rings is 1. The molecule has 0 spiro atoms. The average molecular weight is 625 g/mol. The van der Waals surface area contributed by atoms with Crippen LogP contribution >= 0.6 is 23.2 Å². The van der Waals surface area contributed by atoms with Gasteiger partial charge in [-0.3, -0.25) is 4.98 Å². The molecule has 1 saturated carbocycles. The molecule has 4 aromatic heterocycles. The van der Waals surface area contributed by atoms with Crippen molar-refractivity contribution in [1.82, 2.24) is 34.7 Å². The Morgan fingerprint density at radius 2 is 2.00 bits per heavy atom. The summed E-state index contributed by atoms with van der Waals surface area (Å²) in [7, 11) is 1.50. The Hall–Kier alpha value is -3.93. The number of fused-ring (bicyclic) bond motifs is 1. The van der Waals surface area contributed by atoms with Crippen molar-refractivity contribution in [2.24, 2.45) is 11.8 Å². The van der Waals surface area contributed by atoms with Gasteiger partial charge in [-0.1, -0.05) is 41.4 Å². The Morgan fingerprint density at radius 1 is 1.21 bits per heavy atom. The third kappa shape index (κ3) is 5.37. The van der Waals surface area contributed by atoms with Gasteiger partial charge in [0.25, 0.3) is 5.89 Å². The molecule has 5 aromatic rings. The molecular formula is C30H28Cl2FN7O3. The number of hydrogen-bond donors (Lipinski definition) is 1. The van der Waals surface area contributed by atoms with E-state index < -0.39 is 17.2 Å². The molecule has 10 nitrogen and oxygen atoms in total. The monoisotopic (exact) mass is 623 g/mol. The predicted octanol–water partition coefficient (Wildman–Crippen LogP) is 6.58. The van der Waals surface area contributed by atoms with Crippen molar-refractivity contribution >= 4 is 34.4 Å². The van der Waals surface area contributed by atoms with Gasteiger partial charge in [0.05, 0.1) is 10.0 Å². The maximum absolute atomic E-state index is 15.6. The minimum absolute atomic E-state index is 0.0246. The van der Waals surface area contributed by atoms with Gasteiger partial charge in [0.2, 0.25) is 5.82 Å². The molecule has 1 aliphatic carbocycles. The molecule has 1 atom stereocenters. The van der Waals surface area contributed by atoms with Crippen molar-refractivity contribution in [3.05, 3.63) is 87.1 Å². The standard InChI is InChI=1S/C30H28Cl2FN7O3/c1-4-16-8-10-17(11-9-16)15-40-24-23(18-12-19(31)14-34-13-18)35-26(27-38-39-29(41)43-27)36-25(24)37-28(40)30(2,42-3)20-6-5-7-21(32)22(20)33/h4-7,12-14,16-17H,1,8-11,15H2,2-3H3,(H,39,41). The maximum atomic E-state index is 15.6. The summed E-state index contributed by atoms with van der Waals surface area (Å²) >= 11 is 12.6.